The molecule has 2 aromatic carbocycles. The van der Waals surface area contributed by atoms with Crippen molar-refractivity contribution in [2.75, 3.05) is 12.9 Å². The summed E-state index contributed by atoms with van der Waals surface area (Å²) in [5.74, 6) is 1.66. The van der Waals surface area contributed by atoms with E-state index in [-0.39, 0.29) is 5.91 Å². The van der Waals surface area contributed by atoms with Crippen molar-refractivity contribution < 1.29 is 14.3 Å². The first kappa shape index (κ1) is 18.5. The van der Waals surface area contributed by atoms with Crippen molar-refractivity contribution in [1.29, 1.82) is 5.26 Å². The number of methoxy groups -OCH3 is 1. The number of hydrogen-bond donors (Lipinski definition) is 1. The summed E-state index contributed by atoms with van der Waals surface area (Å²) in [7, 11) is 1.60. The van der Waals surface area contributed by atoms with Crippen molar-refractivity contribution in [1.82, 2.24) is 5.32 Å². The van der Waals surface area contributed by atoms with Crippen LogP contribution in [0.2, 0.25) is 0 Å². The fourth-order valence-electron chi connectivity index (χ4n) is 2.31. The summed E-state index contributed by atoms with van der Waals surface area (Å²) in [5, 5.41) is 19.9. The van der Waals surface area contributed by atoms with Crippen LogP contribution in [0.25, 0.3) is 0 Å². The van der Waals surface area contributed by atoms with Crippen LogP contribution in [0.5, 0.6) is 11.5 Å². The van der Waals surface area contributed by atoms with Gasteiger partial charge in [0.05, 0.1) is 30.7 Å². The number of amides is 1. The molecule has 0 spiro atoms. The maximum absolute atomic E-state index is 11.1. The lowest BCUT2D eigenvalue weighted by atomic mass is 10.1. The van der Waals surface area contributed by atoms with Crippen molar-refractivity contribution in [3.63, 3.8) is 0 Å². The first-order valence-electron chi connectivity index (χ1n) is 8.01. The van der Waals surface area contributed by atoms with Gasteiger partial charge in [0.2, 0.25) is 5.91 Å². The van der Waals surface area contributed by atoms with Crippen LogP contribution in [0.1, 0.15) is 16.7 Å². The zero-order chi connectivity index (χ0) is 19.1. The number of nitrogens with one attached hydrogen (secondary N) is 1. The van der Waals surface area contributed by atoms with E-state index in [0.717, 1.165) is 11.1 Å². The molecule has 0 unspecified atom stereocenters. The second kappa shape index (κ2) is 8.87. The predicted octanol–water partition coefficient (Wildman–Crippen LogP) is 2.70. The second-order valence-corrected chi connectivity index (χ2v) is 6.45. The van der Waals surface area contributed by atoms with Crippen LogP contribution < -0.4 is 14.8 Å². The number of nitrogens with zero attached hydrogens (tertiary/aromatic N) is 3. The first-order chi connectivity index (χ1) is 13.2. The van der Waals surface area contributed by atoms with Gasteiger partial charge in [-0.2, -0.15) is 10.4 Å². The van der Waals surface area contributed by atoms with Crippen molar-refractivity contribution in [3.05, 3.63) is 59.2 Å². The van der Waals surface area contributed by atoms with Gasteiger partial charge in [0.1, 0.15) is 18.1 Å². The molecule has 1 saturated heterocycles. The molecule has 2 aromatic rings. The van der Waals surface area contributed by atoms with E-state index in [0.29, 0.717) is 34.6 Å². The quantitative estimate of drug-likeness (QED) is 0.614. The molecular weight excluding hydrogens is 364 g/mol. The minimum Gasteiger partial charge on any atom is -0.496 e. The number of carbonyl (C=O) groups excluding carboxylic acids is 1. The summed E-state index contributed by atoms with van der Waals surface area (Å²) >= 11 is 1.32. The van der Waals surface area contributed by atoms with Crippen molar-refractivity contribution >= 4 is 29.1 Å². The molecule has 0 atom stereocenters. The van der Waals surface area contributed by atoms with E-state index in [4.69, 9.17) is 14.7 Å². The van der Waals surface area contributed by atoms with Gasteiger partial charge in [0.15, 0.2) is 5.17 Å². The Balaban J connectivity index is 1.69. The molecule has 0 aliphatic carbocycles. The maximum atomic E-state index is 11.1. The number of rotatable bonds is 6. The van der Waals surface area contributed by atoms with Crippen LogP contribution in [0, 0.1) is 11.3 Å². The Morgan fingerprint density at radius 1 is 1.30 bits per heavy atom. The number of hydrogen-bond acceptors (Lipinski definition) is 7. The van der Waals surface area contributed by atoms with E-state index >= 15 is 0 Å². The number of ether oxygens (including phenoxy) is 2. The molecule has 27 heavy (non-hydrogen) atoms. The van der Waals surface area contributed by atoms with Crippen molar-refractivity contribution in [3.8, 4) is 17.6 Å². The van der Waals surface area contributed by atoms with Gasteiger partial charge in [-0.25, -0.2) is 0 Å². The molecule has 1 N–H and O–H groups in total. The molecule has 0 bridgehead atoms. The Hall–Kier alpha value is -3.31. The minimum atomic E-state index is -0.0689. The summed E-state index contributed by atoms with van der Waals surface area (Å²) in [5.41, 5.74) is 2.26. The summed E-state index contributed by atoms with van der Waals surface area (Å²) in [6.45, 7) is 0.303. The fourth-order valence-corrected chi connectivity index (χ4v) is 2.94. The number of amidine groups is 1. The van der Waals surface area contributed by atoms with E-state index < -0.39 is 0 Å². The van der Waals surface area contributed by atoms with Gasteiger partial charge in [-0.1, -0.05) is 11.8 Å². The highest BCUT2D eigenvalue weighted by molar-refractivity contribution is 8.15. The molecular formula is C19H16N4O3S. The third kappa shape index (κ3) is 5.09. The standard InChI is InChI=1S/C19H16N4O3S/c1-25-17-7-4-14(10-21-23-19-22-18(24)12-27-19)8-15(17)11-26-16-5-2-13(9-20)3-6-16/h2-8,10H,11-12H2,1H3,(H,22,23,24). The van der Waals surface area contributed by atoms with Crippen LogP contribution in [0.4, 0.5) is 0 Å². The molecule has 1 amide bonds. The summed E-state index contributed by atoms with van der Waals surface area (Å²) in [4.78, 5) is 11.1. The van der Waals surface area contributed by atoms with Gasteiger partial charge in [0, 0.05) is 5.56 Å². The van der Waals surface area contributed by atoms with E-state index in [9.17, 15) is 4.79 Å². The van der Waals surface area contributed by atoms with E-state index in [1.165, 1.54) is 11.8 Å². The van der Waals surface area contributed by atoms with E-state index in [2.05, 4.69) is 21.6 Å². The van der Waals surface area contributed by atoms with Crippen LogP contribution >= 0.6 is 11.8 Å². The molecule has 0 saturated carbocycles. The number of benzene rings is 2. The average Bonchev–Trinajstić information content (AvgIpc) is 3.12. The molecule has 7 nitrogen and oxygen atoms in total. The van der Waals surface area contributed by atoms with Crippen LogP contribution in [0.15, 0.2) is 52.7 Å². The highest BCUT2D eigenvalue weighted by Gasteiger charge is 2.15. The Morgan fingerprint density at radius 2 is 2.11 bits per heavy atom. The average molecular weight is 380 g/mol. The topological polar surface area (TPSA) is 96.1 Å². The molecule has 1 fully saturated rings. The Kier molecular flexibility index (Phi) is 6.07. The summed E-state index contributed by atoms with van der Waals surface area (Å²) in [6.07, 6.45) is 1.60. The number of nitriles is 1. The molecule has 1 heterocycles. The Morgan fingerprint density at radius 3 is 2.78 bits per heavy atom. The zero-order valence-electron chi connectivity index (χ0n) is 14.5. The highest BCUT2D eigenvalue weighted by Crippen LogP contribution is 2.22. The highest BCUT2D eigenvalue weighted by atomic mass is 32.2. The van der Waals surface area contributed by atoms with Gasteiger partial charge in [-0.3, -0.25) is 4.79 Å². The lowest BCUT2D eigenvalue weighted by molar-refractivity contribution is -0.116. The lowest BCUT2D eigenvalue weighted by Gasteiger charge is -2.11. The normalized spacial score (nSPS) is 15.0. The largest absolute Gasteiger partial charge is 0.496 e. The molecule has 0 aromatic heterocycles. The second-order valence-electron chi connectivity index (χ2n) is 5.48. The Bertz CT molecular complexity index is 933. The fraction of sp³-hybridized carbons (Fsp3) is 0.158. The van der Waals surface area contributed by atoms with E-state index in [1.54, 1.807) is 37.6 Å². The van der Waals surface area contributed by atoms with E-state index in [1.807, 2.05) is 18.2 Å². The van der Waals surface area contributed by atoms with Gasteiger partial charge in [0.25, 0.3) is 0 Å². The van der Waals surface area contributed by atoms with Crippen molar-refractivity contribution in [2.45, 2.75) is 6.61 Å². The van der Waals surface area contributed by atoms with Crippen molar-refractivity contribution in [2.24, 2.45) is 10.2 Å². The van der Waals surface area contributed by atoms with Crippen LogP contribution in [0.3, 0.4) is 0 Å². The smallest absolute Gasteiger partial charge is 0.236 e. The van der Waals surface area contributed by atoms with Gasteiger partial charge in [-0.05, 0) is 48.0 Å². The van der Waals surface area contributed by atoms with Crippen LogP contribution in [-0.4, -0.2) is 30.2 Å². The number of carbonyl (C=O) groups is 1. The lowest BCUT2D eigenvalue weighted by Crippen LogP contribution is -2.19. The molecule has 1 aliphatic rings. The van der Waals surface area contributed by atoms with Gasteiger partial charge in [-0.15, -0.1) is 5.10 Å². The number of thioether (sulfide) groups is 1. The molecule has 136 valence electrons. The molecule has 8 heteroatoms. The summed E-state index contributed by atoms with van der Waals surface area (Å²) < 4.78 is 11.2. The van der Waals surface area contributed by atoms with Crippen LogP contribution in [-0.2, 0) is 11.4 Å². The van der Waals surface area contributed by atoms with Gasteiger partial charge < -0.3 is 14.8 Å². The first-order valence-corrected chi connectivity index (χ1v) is 9.00. The van der Waals surface area contributed by atoms with Gasteiger partial charge >= 0.3 is 0 Å². The zero-order valence-corrected chi connectivity index (χ0v) is 15.3. The molecule has 1 aliphatic heterocycles. The monoisotopic (exact) mass is 380 g/mol. The predicted molar refractivity (Wildman–Crippen MR) is 104 cm³/mol. The third-order valence-corrected chi connectivity index (χ3v) is 4.49. The minimum absolute atomic E-state index is 0.0689. The molecule has 3 rings (SSSR count). The third-order valence-electron chi connectivity index (χ3n) is 3.62. The maximum Gasteiger partial charge on any atom is 0.236 e. The molecule has 0 radical (unpaired) electrons. The SMILES string of the molecule is COc1ccc(C=NN=C2NC(=O)CS2)cc1COc1ccc(C#N)cc1. The summed E-state index contributed by atoms with van der Waals surface area (Å²) in [6, 6.07) is 14.6. The Labute approximate surface area is 160 Å².